The molecule has 0 saturated carbocycles. The number of hydrogen-bond donors (Lipinski definition) is 1. The van der Waals surface area contributed by atoms with Crippen LogP contribution in [0, 0.1) is 0 Å². The molecule has 1 fully saturated rings. The fourth-order valence-corrected chi connectivity index (χ4v) is 7.21. The molecule has 4 rings (SSSR count). The molecule has 0 atom stereocenters. The summed E-state index contributed by atoms with van der Waals surface area (Å²) in [7, 11) is -3.65. The van der Waals surface area contributed by atoms with Gasteiger partial charge < -0.3 is 0 Å². The van der Waals surface area contributed by atoms with Crippen LogP contribution in [0.4, 0.5) is 5.13 Å². The first-order valence-corrected chi connectivity index (χ1v) is 12.5. The van der Waals surface area contributed by atoms with Crippen LogP contribution in [0.25, 0.3) is 10.6 Å². The van der Waals surface area contributed by atoms with Crippen molar-refractivity contribution >= 4 is 55.1 Å². The van der Waals surface area contributed by atoms with E-state index in [4.69, 9.17) is 0 Å². The molecule has 1 aliphatic heterocycles. The highest BCUT2D eigenvalue weighted by Gasteiger charge is 2.31. The molecular formula is C17H17N3O3S4. The lowest BCUT2D eigenvalue weighted by atomic mass is 10.2. The summed E-state index contributed by atoms with van der Waals surface area (Å²) in [5.41, 5.74) is 0.803. The molecule has 3 aromatic heterocycles. The van der Waals surface area contributed by atoms with Crippen LogP contribution in [0.5, 0.6) is 0 Å². The van der Waals surface area contributed by atoms with Crippen LogP contribution in [0.1, 0.15) is 28.9 Å². The number of anilines is 1. The van der Waals surface area contributed by atoms with Crippen LogP contribution in [-0.4, -0.2) is 36.7 Å². The van der Waals surface area contributed by atoms with Gasteiger partial charge in [0, 0.05) is 18.5 Å². The van der Waals surface area contributed by atoms with Gasteiger partial charge >= 0.3 is 0 Å². The van der Waals surface area contributed by atoms with Crippen LogP contribution in [-0.2, 0) is 10.0 Å². The molecule has 142 valence electrons. The highest BCUT2D eigenvalue weighted by molar-refractivity contribution is 7.89. The number of rotatable bonds is 5. The number of nitrogens with one attached hydrogen (secondary N) is 1. The molecule has 6 nitrogen and oxygen atoms in total. The van der Waals surface area contributed by atoms with Gasteiger partial charge in [0.25, 0.3) is 5.91 Å². The van der Waals surface area contributed by atoms with Gasteiger partial charge in [0.05, 0.1) is 10.6 Å². The SMILES string of the molecule is O=C(Nc1nc(-c2cccs2)cs1)c1sccc1S(=O)(=O)N1CCCCC1. The van der Waals surface area contributed by atoms with Crippen LogP contribution >= 0.6 is 34.0 Å². The number of carbonyl (C=O) groups excluding carboxylic acids is 1. The molecular weight excluding hydrogens is 422 g/mol. The Balaban J connectivity index is 1.54. The molecule has 1 amide bonds. The van der Waals surface area contributed by atoms with Gasteiger partial charge in [-0.3, -0.25) is 10.1 Å². The highest BCUT2D eigenvalue weighted by Crippen LogP contribution is 2.31. The molecule has 0 spiro atoms. The third-order valence-corrected chi connectivity index (χ3v) is 8.90. The lowest BCUT2D eigenvalue weighted by molar-refractivity contribution is 0.102. The first-order chi connectivity index (χ1) is 13.1. The van der Waals surface area contributed by atoms with E-state index in [1.54, 1.807) is 16.7 Å². The Morgan fingerprint density at radius 2 is 1.89 bits per heavy atom. The van der Waals surface area contributed by atoms with Crippen LogP contribution in [0.2, 0.25) is 0 Å². The summed E-state index contributed by atoms with van der Waals surface area (Å²) in [5.74, 6) is -0.437. The molecule has 27 heavy (non-hydrogen) atoms. The van der Waals surface area contributed by atoms with Crippen molar-refractivity contribution in [3.05, 3.63) is 39.2 Å². The lowest BCUT2D eigenvalue weighted by Gasteiger charge is -2.25. The van der Waals surface area contributed by atoms with E-state index in [9.17, 15) is 13.2 Å². The molecule has 0 radical (unpaired) electrons. The van der Waals surface area contributed by atoms with Crippen LogP contribution in [0.15, 0.2) is 39.2 Å². The zero-order chi connectivity index (χ0) is 18.9. The number of amides is 1. The van der Waals surface area contributed by atoms with E-state index in [-0.39, 0.29) is 9.77 Å². The van der Waals surface area contributed by atoms with E-state index >= 15 is 0 Å². The molecule has 1 N–H and O–H groups in total. The second-order valence-corrected chi connectivity index (χ2v) is 10.7. The molecule has 1 aliphatic rings. The van der Waals surface area contributed by atoms with Crippen molar-refractivity contribution in [1.82, 2.24) is 9.29 Å². The van der Waals surface area contributed by atoms with Crippen molar-refractivity contribution in [2.75, 3.05) is 18.4 Å². The van der Waals surface area contributed by atoms with Crippen LogP contribution < -0.4 is 5.32 Å². The summed E-state index contributed by atoms with van der Waals surface area (Å²) < 4.78 is 27.3. The summed E-state index contributed by atoms with van der Waals surface area (Å²) >= 11 is 4.03. The van der Waals surface area contributed by atoms with Crippen LogP contribution in [0.3, 0.4) is 0 Å². The minimum atomic E-state index is -3.65. The van der Waals surface area contributed by atoms with Crippen molar-refractivity contribution in [3.8, 4) is 10.6 Å². The van der Waals surface area contributed by atoms with Gasteiger partial charge in [0.15, 0.2) is 5.13 Å². The summed E-state index contributed by atoms with van der Waals surface area (Å²) in [4.78, 5) is 18.4. The van der Waals surface area contributed by atoms with Crippen molar-refractivity contribution in [1.29, 1.82) is 0 Å². The fourth-order valence-electron chi connectivity index (χ4n) is 2.93. The Morgan fingerprint density at radius 3 is 2.63 bits per heavy atom. The topological polar surface area (TPSA) is 79.4 Å². The van der Waals surface area contributed by atoms with E-state index < -0.39 is 15.9 Å². The quantitative estimate of drug-likeness (QED) is 0.641. The first kappa shape index (κ1) is 18.8. The van der Waals surface area contributed by atoms with Gasteiger partial charge in [-0.25, -0.2) is 13.4 Å². The Morgan fingerprint density at radius 1 is 1.07 bits per heavy atom. The number of hydrogen-bond acceptors (Lipinski definition) is 7. The molecule has 0 aliphatic carbocycles. The number of thiazole rings is 1. The Hall–Kier alpha value is -1.59. The molecule has 4 heterocycles. The standard InChI is InChI=1S/C17H17N3O3S4/c21-16(19-17-18-12(11-26-17)13-5-4-9-24-13)15-14(6-10-25-15)27(22,23)20-7-2-1-3-8-20/h4-6,9-11H,1-3,7-8H2,(H,18,19,21). The van der Waals surface area contributed by atoms with Gasteiger partial charge in [0.2, 0.25) is 10.0 Å². The molecule has 3 aromatic rings. The number of carbonyl (C=O) groups is 1. The maximum absolute atomic E-state index is 12.9. The van der Waals surface area contributed by atoms with Gasteiger partial charge in [-0.15, -0.1) is 34.0 Å². The largest absolute Gasteiger partial charge is 0.297 e. The fraction of sp³-hybridized carbons (Fsp3) is 0.294. The lowest BCUT2D eigenvalue weighted by Crippen LogP contribution is -2.36. The number of nitrogens with zero attached hydrogens (tertiary/aromatic N) is 2. The average molecular weight is 440 g/mol. The summed E-state index contributed by atoms with van der Waals surface area (Å²) in [6.07, 6.45) is 2.75. The highest BCUT2D eigenvalue weighted by atomic mass is 32.2. The Bertz CT molecular complexity index is 1030. The van der Waals surface area contributed by atoms with E-state index in [2.05, 4.69) is 10.3 Å². The van der Waals surface area contributed by atoms with Gasteiger partial charge in [0.1, 0.15) is 9.77 Å². The molecule has 0 bridgehead atoms. The van der Waals surface area contributed by atoms with E-state index in [0.29, 0.717) is 18.2 Å². The molecule has 0 unspecified atom stereocenters. The van der Waals surface area contributed by atoms with Crippen molar-refractivity contribution in [3.63, 3.8) is 0 Å². The number of thiophene rings is 2. The third kappa shape index (κ3) is 3.85. The third-order valence-electron chi connectivity index (χ3n) is 4.27. The van der Waals surface area contributed by atoms with Crippen molar-refractivity contribution < 1.29 is 13.2 Å². The Kier molecular flexibility index (Phi) is 5.42. The maximum Gasteiger partial charge on any atom is 0.268 e. The number of sulfonamides is 1. The maximum atomic E-state index is 12.9. The predicted molar refractivity (Wildman–Crippen MR) is 110 cm³/mol. The van der Waals surface area contributed by atoms with Gasteiger partial charge in [-0.1, -0.05) is 12.5 Å². The van der Waals surface area contributed by atoms with Crippen molar-refractivity contribution in [2.45, 2.75) is 24.2 Å². The van der Waals surface area contributed by atoms with E-state index in [1.807, 2.05) is 22.9 Å². The zero-order valence-corrected chi connectivity index (χ0v) is 17.5. The average Bonchev–Trinajstić information content (AvgIpc) is 3.42. The Labute approximate surface area is 169 Å². The van der Waals surface area contributed by atoms with E-state index in [1.165, 1.54) is 21.7 Å². The van der Waals surface area contributed by atoms with E-state index in [0.717, 1.165) is 41.2 Å². The molecule has 1 saturated heterocycles. The summed E-state index contributed by atoms with van der Waals surface area (Å²) in [6.45, 7) is 1.02. The van der Waals surface area contributed by atoms with Crippen molar-refractivity contribution in [2.24, 2.45) is 0 Å². The smallest absolute Gasteiger partial charge is 0.268 e. The minimum absolute atomic E-state index is 0.0851. The summed E-state index contributed by atoms with van der Waals surface area (Å²) in [6, 6.07) is 5.43. The normalized spacial score (nSPS) is 15.7. The minimum Gasteiger partial charge on any atom is -0.297 e. The monoisotopic (exact) mass is 439 g/mol. The van der Waals surface area contributed by atoms with Gasteiger partial charge in [-0.05, 0) is 35.7 Å². The van der Waals surface area contributed by atoms with Gasteiger partial charge in [-0.2, -0.15) is 4.31 Å². The predicted octanol–water partition coefficient (Wildman–Crippen LogP) is 4.36. The zero-order valence-electron chi connectivity index (χ0n) is 14.3. The number of piperidine rings is 1. The number of aromatic nitrogens is 1. The second kappa shape index (κ2) is 7.80. The molecule has 10 heteroatoms. The first-order valence-electron chi connectivity index (χ1n) is 8.44. The second-order valence-electron chi connectivity index (χ2n) is 6.05. The molecule has 0 aromatic carbocycles. The summed E-state index contributed by atoms with van der Waals surface area (Å²) in [5, 5.41) is 8.69.